The van der Waals surface area contributed by atoms with E-state index >= 15 is 0 Å². The van der Waals surface area contributed by atoms with Gasteiger partial charge in [-0.2, -0.15) is 0 Å². The summed E-state index contributed by atoms with van der Waals surface area (Å²) in [6, 6.07) is 18.8. The van der Waals surface area contributed by atoms with E-state index in [-0.39, 0.29) is 0 Å². The van der Waals surface area contributed by atoms with Gasteiger partial charge in [0.25, 0.3) is 0 Å². The highest BCUT2D eigenvalue weighted by atomic mass is 35.5. The fraction of sp³-hybridized carbons (Fsp3) is 0. The predicted molar refractivity (Wildman–Crippen MR) is 55.7 cm³/mol. The Morgan fingerprint density at radius 3 is 2.46 bits per heavy atom. The molecule has 0 heterocycles. The van der Waals surface area contributed by atoms with Gasteiger partial charge in [-0.05, 0) is 29.3 Å². The standard InChI is InChI=1S/C12H8Cl/c13-12-8-4-7-11(9-12)10-5-2-1-3-6-10/h1-6,8-9H. The fourth-order valence-electron chi connectivity index (χ4n) is 1.22. The first kappa shape index (κ1) is 8.33. The average Bonchev–Trinajstić information content (AvgIpc) is 2.19. The zero-order valence-electron chi connectivity index (χ0n) is 7.00. The highest BCUT2D eigenvalue weighted by Crippen LogP contribution is 2.21. The predicted octanol–water partition coefficient (Wildman–Crippen LogP) is 3.81. The van der Waals surface area contributed by atoms with Gasteiger partial charge in [0, 0.05) is 5.02 Å². The Morgan fingerprint density at radius 2 is 1.77 bits per heavy atom. The van der Waals surface area contributed by atoms with Gasteiger partial charge in [0.15, 0.2) is 0 Å². The van der Waals surface area contributed by atoms with E-state index in [1.54, 1.807) is 0 Å². The largest absolute Gasteiger partial charge is 0.0843 e. The van der Waals surface area contributed by atoms with Crippen LogP contribution in [0.15, 0.2) is 48.5 Å². The highest BCUT2D eigenvalue weighted by Gasteiger charge is 1.96. The summed E-state index contributed by atoms with van der Waals surface area (Å²) in [5.74, 6) is 0. The minimum atomic E-state index is 0.748. The number of rotatable bonds is 1. The lowest BCUT2D eigenvalue weighted by Crippen LogP contribution is -1.76. The molecule has 0 aliphatic carbocycles. The van der Waals surface area contributed by atoms with Crippen LogP contribution in [-0.4, -0.2) is 0 Å². The minimum absolute atomic E-state index is 0.748. The minimum Gasteiger partial charge on any atom is -0.0843 e. The first-order valence-electron chi connectivity index (χ1n) is 4.09. The summed E-state index contributed by atoms with van der Waals surface area (Å²) in [7, 11) is 0. The third-order valence-electron chi connectivity index (χ3n) is 1.85. The molecule has 2 rings (SSSR count). The molecule has 0 atom stereocenters. The van der Waals surface area contributed by atoms with Gasteiger partial charge in [0.1, 0.15) is 0 Å². The molecular formula is C12H8Cl. The maximum atomic E-state index is 5.87. The fourth-order valence-corrected chi connectivity index (χ4v) is 1.40. The third kappa shape index (κ3) is 1.90. The topological polar surface area (TPSA) is 0 Å². The van der Waals surface area contributed by atoms with Crippen LogP contribution < -0.4 is 0 Å². The Balaban J connectivity index is 2.48. The lowest BCUT2D eigenvalue weighted by Gasteiger charge is -1.99. The monoisotopic (exact) mass is 187 g/mol. The van der Waals surface area contributed by atoms with Gasteiger partial charge in [0.2, 0.25) is 0 Å². The van der Waals surface area contributed by atoms with Crippen LogP contribution in [0, 0.1) is 6.07 Å². The first-order valence-corrected chi connectivity index (χ1v) is 4.47. The second-order valence-corrected chi connectivity index (χ2v) is 3.22. The van der Waals surface area contributed by atoms with Crippen molar-refractivity contribution in [2.45, 2.75) is 0 Å². The van der Waals surface area contributed by atoms with Crippen LogP contribution in [0.2, 0.25) is 5.02 Å². The molecule has 0 bridgehead atoms. The second-order valence-electron chi connectivity index (χ2n) is 2.79. The van der Waals surface area contributed by atoms with Crippen molar-refractivity contribution in [1.29, 1.82) is 0 Å². The summed E-state index contributed by atoms with van der Waals surface area (Å²) >= 11 is 5.87. The molecule has 0 amide bonds. The summed E-state index contributed by atoms with van der Waals surface area (Å²) in [5, 5.41) is 0.748. The number of hydrogen-bond acceptors (Lipinski definition) is 0. The Labute approximate surface area is 82.8 Å². The smallest absolute Gasteiger partial charge is 0.0412 e. The third-order valence-corrected chi connectivity index (χ3v) is 2.08. The molecule has 0 nitrogen and oxygen atoms in total. The molecule has 0 saturated heterocycles. The Morgan fingerprint density at radius 1 is 1.00 bits per heavy atom. The molecule has 0 aromatic heterocycles. The molecule has 0 spiro atoms. The van der Waals surface area contributed by atoms with E-state index in [4.69, 9.17) is 11.6 Å². The summed E-state index contributed by atoms with van der Waals surface area (Å²) < 4.78 is 0. The molecule has 2 aromatic carbocycles. The Hall–Kier alpha value is -1.27. The molecule has 0 aliphatic heterocycles. The van der Waals surface area contributed by atoms with E-state index in [1.165, 1.54) is 0 Å². The second kappa shape index (κ2) is 3.63. The molecular weight excluding hydrogens is 180 g/mol. The number of halogens is 1. The Kier molecular flexibility index (Phi) is 2.33. The van der Waals surface area contributed by atoms with Crippen LogP contribution in [0.5, 0.6) is 0 Å². The lowest BCUT2D eigenvalue weighted by atomic mass is 10.1. The quantitative estimate of drug-likeness (QED) is 0.637. The first-order chi connectivity index (χ1) is 6.36. The van der Waals surface area contributed by atoms with E-state index in [1.807, 2.05) is 48.5 Å². The zero-order chi connectivity index (χ0) is 9.10. The Bertz CT molecular complexity index is 393. The van der Waals surface area contributed by atoms with Crippen molar-refractivity contribution in [1.82, 2.24) is 0 Å². The summed E-state index contributed by atoms with van der Waals surface area (Å²) in [5.41, 5.74) is 2.18. The van der Waals surface area contributed by atoms with Gasteiger partial charge in [-0.25, -0.2) is 0 Å². The highest BCUT2D eigenvalue weighted by molar-refractivity contribution is 6.30. The SMILES string of the molecule is Clc1cc[c]c(-c2ccccc2)c1. The summed E-state index contributed by atoms with van der Waals surface area (Å²) in [4.78, 5) is 0. The molecule has 0 saturated carbocycles. The molecule has 1 radical (unpaired) electrons. The van der Waals surface area contributed by atoms with Gasteiger partial charge in [-0.1, -0.05) is 48.0 Å². The van der Waals surface area contributed by atoms with Gasteiger partial charge >= 0.3 is 0 Å². The normalized spacial score (nSPS) is 9.92. The van der Waals surface area contributed by atoms with Crippen molar-refractivity contribution in [3.63, 3.8) is 0 Å². The maximum absolute atomic E-state index is 5.87. The van der Waals surface area contributed by atoms with Gasteiger partial charge in [0.05, 0.1) is 0 Å². The van der Waals surface area contributed by atoms with E-state index in [9.17, 15) is 0 Å². The molecule has 0 unspecified atom stereocenters. The molecule has 0 fully saturated rings. The van der Waals surface area contributed by atoms with Crippen LogP contribution in [0.25, 0.3) is 11.1 Å². The van der Waals surface area contributed by atoms with Gasteiger partial charge in [-0.3, -0.25) is 0 Å². The van der Waals surface area contributed by atoms with Crippen LogP contribution in [-0.2, 0) is 0 Å². The zero-order valence-corrected chi connectivity index (χ0v) is 7.75. The van der Waals surface area contributed by atoms with Crippen molar-refractivity contribution >= 4 is 11.6 Å². The molecule has 0 aliphatic rings. The van der Waals surface area contributed by atoms with Crippen LogP contribution >= 0.6 is 11.6 Å². The molecule has 2 aromatic rings. The van der Waals surface area contributed by atoms with Crippen molar-refractivity contribution < 1.29 is 0 Å². The maximum Gasteiger partial charge on any atom is 0.0412 e. The number of benzene rings is 2. The molecule has 0 N–H and O–H groups in total. The lowest BCUT2D eigenvalue weighted by molar-refractivity contribution is 1.61. The van der Waals surface area contributed by atoms with Crippen molar-refractivity contribution in [2.75, 3.05) is 0 Å². The molecule has 1 heteroatoms. The van der Waals surface area contributed by atoms with Crippen molar-refractivity contribution in [3.05, 3.63) is 59.6 Å². The van der Waals surface area contributed by atoms with Crippen molar-refractivity contribution in [2.24, 2.45) is 0 Å². The van der Waals surface area contributed by atoms with Crippen LogP contribution in [0.4, 0.5) is 0 Å². The molecule has 13 heavy (non-hydrogen) atoms. The van der Waals surface area contributed by atoms with Crippen LogP contribution in [0.3, 0.4) is 0 Å². The van der Waals surface area contributed by atoms with Gasteiger partial charge in [-0.15, -0.1) is 0 Å². The molecule has 63 valence electrons. The van der Waals surface area contributed by atoms with E-state index in [0.717, 1.165) is 16.1 Å². The van der Waals surface area contributed by atoms with Crippen LogP contribution in [0.1, 0.15) is 0 Å². The number of hydrogen-bond donors (Lipinski definition) is 0. The summed E-state index contributed by atoms with van der Waals surface area (Å²) in [6.07, 6.45) is 0. The van der Waals surface area contributed by atoms with E-state index < -0.39 is 0 Å². The summed E-state index contributed by atoms with van der Waals surface area (Å²) in [6.45, 7) is 0. The average molecular weight is 188 g/mol. The van der Waals surface area contributed by atoms with E-state index in [0.29, 0.717) is 0 Å². The van der Waals surface area contributed by atoms with Gasteiger partial charge < -0.3 is 0 Å². The van der Waals surface area contributed by atoms with E-state index in [2.05, 4.69) is 6.07 Å². The van der Waals surface area contributed by atoms with Crippen molar-refractivity contribution in [3.8, 4) is 11.1 Å².